The lowest BCUT2D eigenvalue weighted by Crippen LogP contribution is -2.50. The predicted molar refractivity (Wildman–Crippen MR) is 90.3 cm³/mol. The van der Waals surface area contributed by atoms with E-state index in [9.17, 15) is 9.59 Å². The highest BCUT2D eigenvalue weighted by Gasteiger charge is 2.30. The summed E-state index contributed by atoms with van der Waals surface area (Å²) in [5.41, 5.74) is 5.56. The van der Waals surface area contributed by atoms with E-state index in [4.69, 9.17) is 19.9 Å². The molecule has 136 valence electrons. The fourth-order valence-electron chi connectivity index (χ4n) is 2.69. The largest absolute Gasteiger partial charge is 0.484 e. The summed E-state index contributed by atoms with van der Waals surface area (Å²) in [4.78, 5) is 23.2. The summed E-state index contributed by atoms with van der Waals surface area (Å²) in [6.45, 7) is 1.69. The van der Waals surface area contributed by atoms with Gasteiger partial charge >= 0.3 is 0 Å². The molecule has 0 bridgehead atoms. The Morgan fingerprint density at radius 3 is 2.64 bits per heavy atom. The number of hydrogen-bond acceptors (Lipinski definition) is 5. The van der Waals surface area contributed by atoms with Gasteiger partial charge in [-0.05, 0) is 49.4 Å². The molecule has 0 unspecified atom stereocenters. The molecule has 1 aliphatic heterocycles. The van der Waals surface area contributed by atoms with Crippen LogP contribution >= 0.6 is 0 Å². The SMILES string of the molecule is NC(=O)COc1ccc(C(=O)N[C@@H]2CCOC[C@H]2OCC2CC2)cc1. The third-order valence-electron chi connectivity index (χ3n) is 4.36. The molecule has 2 aliphatic rings. The Balaban J connectivity index is 1.53. The fraction of sp³-hybridized carbons (Fsp3) is 0.556. The molecule has 1 aromatic rings. The van der Waals surface area contributed by atoms with Crippen LogP contribution in [0.4, 0.5) is 0 Å². The first-order chi connectivity index (χ1) is 12.1. The van der Waals surface area contributed by atoms with Crippen LogP contribution in [0.2, 0.25) is 0 Å². The molecule has 2 atom stereocenters. The number of carbonyl (C=O) groups excluding carboxylic acids is 2. The van der Waals surface area contributed by atoms with Crippen molar-refractivity contribution >= 4 is 11.8 Å². The molecule has 25 heavy (non-hydrogen) atoms. The van der Waals surface area contributed by atoms with E-state index < -0.39 is 5.91 Å². The number of carbonyl (C=O) groups is 2. The van der Waals surface area contributed by atoms with Crippen LogP contribution in [-0.4, -0.2) is 50.4 Å². The minimum Gasteiger partial charge on any atom is -0.484 e. The number of nitrogens with one attached hydrogen (secondary N) is 1. The number of benzene rings is 1. The molecule has 1 aromatic carbocycles. The molecule has 0 spiro atoms. The maximum Gasteiger partial charge on any atom is 0.255 e. The molecule has 7 heteroatoms. The van der Waals surface area contributed by atoms with Gasteiger partial charge in [0.05, 0.1) is 12.6 Å². The second kappa shape index (κ2) is 8.31. The van der Waals surface area contributed by atoms with Gasteiger partial charge in [0.2, 0.25) is 0 Å². The zero-order valence-electron chi connectivity index (χ0n) is 14.1. The summed E-state index contributed by atoms with van der Waals surface area (Å²) in [5, 5.41) is 3.04. The van der Waals surface area contributed by atoms with Gasteiger partial charge in [0.1, 0.15) is 11.9 Å². The van der Waals surface area contributed by atoms with Crippen molar-refractivity contribution in [2.24, 2.45) is 11.7 Å². The van der Waals surface area contributed by atoms with Crippen LogP contribution in [0.1, 0.15) is 29.6 Å². The standard InChI is InChI=1S/C18H24N2O5/c19-17(21)11-24-14-5-3-13(4-6-14)18(22)20-15-7-8-23-10-16(15)25-9-12-1-2-12/h3-6,12,15-16H,1-2,7-11H2,(H2,19,21)(H,20,22)/t15-,16-/m1/s1. The molecule has 1 aliphatic carbocycles. The number of nitrogens with two attached hydrogens (primary N) is 1. The van der Waals surface area contributed by atoms with Crippen molar-refractivity contribution in [2.75, 3.05) is 26.4 Å². The summed E-state index contributed by atoms with van der Waals surface area (Å²) in [6.07, 6.45) is 3.10. The Labute approximate surface area is 146 Å². The van der Waals surface area contributed by atoms with E-state index in [1.54, 1.807) is 24.3 Å². The number of amides is 2. The molecule has 0 aromatic heterocycles. The lowest BCUT2D eigenvalue weighted by atomic mass is 10.0. The molecule has 1 saturated heterocycles. The van der Waals surface area contributed by atoms with Crippen molar-refractivity contribution in [3.05, 3.63) is 29.8 Å². The second-order valence-electron chi connectivity index (χ2n) is 6.54. The van der Waals surface area contributed by atoms with E-state index in [1.165, 1.54) is 12.8 Å². The third-order valence-corrected chi connectivity index (χ3v) is 4.36. The minimum atomic E-state index is -0.543. The van der Waals surface area contributed by atoms with Crippen molar-refractivity contribution in [1.29, 1.82) is 0 Å². The van der Waals surface area contributed by atoms with Gasteiger partial charge in [-0.25, -0.2) is 0 Å². The summed E-state index contributed by atoms with van der Waals surface area (Å²) in [7, 11) is 0. The molecule has 1 saturated carbocycles. The number of rotatable bonds is 8. The first-order valence-electron chi connectivity index (χ1n) is 8.63. The molecule has 3 rings (SSSR count). The van der Waals surface area contributed by atoms with Crippen LogP contribution in [0.15, 0.2) is 24.3 Å². The Bertz CT molecular complexity index is 600. The first-order valence-corrected chi connectivity index (χ1v) is 8.63. The lowest BCUT2D eigenvalue weighted by Gasteiger charge is -2.32. The van der Waals surface area contributed by atoms with Gasteiger partial charge in [-0.1, -0.05) is 0 Å². The number of ether oxygens (including phenoxy) is 3. The molecule has 7 nitrogen and oxygen atoms in total. The van der Waals surface area contributed by atoms with Crippen LogP contribution in [0, 0.1) is 5.92 Å². The molecular formula is C18H24N2O5. The van der Waals surface area contributed by atoms with Crippen molar-refractivity contribution in [3.63, 3.8) is 0 Å². The zero-order chi connectivity index (χ0) is 17.6. The molecule has 0 radical (unpaired) electrons. The predicted octanol–water partition coefficient (Wildman–Crippen LogP) is 0.865. The Morgan fingerprint density at radius 2 is 1.96 bits per heavy atom. The van der Waals surface area contributed by atoms with Crippen LogP contribution < -0.4 is 15.8 Å². The lowest BCUT2D eigenvalue weighted by molar-refractivity contribution is -0.119. The molecule has 2 amide bonds. The number of hydrogen-bond donors (Lipinski definition) is 2. The Morgan fingerprint density at radius 1 is 1.20 bits per heavy atom. The van der Waals surface area contributed by atoms with Crippen molar-refractivity contribution in [2.45, 2.75) is 31.4 Å². The van der Waals surface area contributed by atoms with E-state index in [1.807, 2.05) is 0 Å². The highest BCUT2D eigenvalue weighted by Crippen LogP contribution is 2.29. The summed E-state index contributed by atoms with van der Waals surface area (Å²) in [5.74, 6) is 0.463. The van der Waals surface area contributed by atoms with E-state index in [2.05, 4.69) is 5.32 Å². The van der Waals surface area contributed by atoms with E-state index in [-0.39, 0.29) is 24.7 Å². The quantitative estimate of drug-likeness (QED) is 0.726. The van der Waals surface area contributed by atoms with Crippen LogP contribution in [0.5, 0.6) is 5.75 Å². The topological polar surface area (TPSA) is 99.9 Å². The first kappa shape index (κ1) is 17.7. The monoisotopic (exact) mass is 348 g/mol. The Kier molecular flexibility index (Phi) is 5.88. The second-order valence-corrected chi connectivity index (χ2v) is 6.54. The average molecular weight is 348 g/mol. The highest BCUT2D eigenvalue weighted by molar-refractivity contribution is 5.94. The van der Waals surface area contributed by atoms with Crippen LogP contribution in [0.3, 0.4) is 0 Å². The smallest absolute Gasteiger partial charge is 0.255 e. The van der Waals surface area contributed by atoms with Gasteiger partial charge in [-0.15, -0.1) is 0 Å². The Hall–Kier alpha value is -2.12. The summed E-state index contributed by atoms with van der Waals surface area (Å²) in [6, 6.07) is 6.55. The highest BCUT2D eigenvalue weighted by atomic mass is 16.5. The van der Waals surface area contributed by atoms with Crippen molar-refractivity contribution in [1.82, 2.24) is 5.32 Å². The van der Waals surface area contributed by atoms with Gasteiger partial charge in [-0.2, -0.15) is 0 Å². The van der Waals surface area contributed by atoms with Gasteiger partial charge in [0, 0.05) is 18.8 Å². The summed E-state index contributed by atoms with van der Waals surface area (Å²) < 4.78 is 16.6. The third kappa shape index (κ3) is 5.44. The van der Waals surface area contributed by atoms with E-state index in [0.717, 1.165) is 13.0 Å². The molecular weight excluding hydrogens is 324 g/mol. The minimum absolute atomic E-state index is 0.0502. The van der Waals surface area contributed by atoms with Crippen LogP contribution in [0.25, 0.3) is 0 Å². The number of primary amides is 1. The zero-order valence-corrected chi connectivity index (χ0v) is 14.1. The fourth-order valence-corrected chi connectivity index (χ4v) is 2.69. The average Bonchev–Trinajstić information content (AvgIpc) is 3.44. The molecule has 1 heterocycles. The van der Waals surface area contributed by atoms with Gasteiger partial charge < -0.3 is 25.3 Å². The van der Waals surface area contributed by atoms with E-state index in [0.29, 0.717) is 30.4 Å². The van der Waals surface area contributed by atoms with E-state index >= 15 is 0 Å². The normalized spacial score (nSPS) is 23.0. The van der Waals surface area contributed by atoms with Crippen LogP contribution in [-0.2, 0) is 14.3 Å². The molecule has 3 N–H and O–H groups in total. The molecule has 2 fully saturated rings. The maximum absolute atomic E-state index is 12.5. The van der Waals surface area contributed by atoms with Crippen molar-refractivity contribution in [3.8, 4) is 5.75 Å². The van der Waals surface area contributed by atoms with Gasteiger partial charge in [-0.3, -0.25) is 9.59 Å². The van der Waals surface area contributed by atoms with Crippen molar-refractivity contribution < 1.29 is 23.8 Å². The van der Waals surface area contributed by atoms with Gasteiger partial charge in [0.15, 0.2) is 6.61 Å². The summed E-state index contributed by atoms with van der Waals surface area (Å²) >= 11 is 0. The maximum atomic E-state index is 12.5. The van der Waals surface area contributed by atoms with Gasteiger partial charge in [0.25, 0.3) is 11.8 Å².